The first-order valence-corrected chi connectivity index (χ1v) is 7.73. The molecule has 2 aromatic carbocycles. The molecule has 0 aliphatic rings. The molecule has 6 nitrogen and oxygen atoms in total. The second kappa shape index (κ2) is 8.79. The number of hydrogen-bond acceptors (Lipinski definition) is 4. The summed E-state index contributed by atoms with van der Waals surface area (Å²) in [4.78, 5) is 21.8. The van der Waals surface area contributed by atoms with Gasteiger partial charge in [-0.15, -0.1) is 0 Å². The van der Waals surface area contributed by atoms with E-state index in [1.807, 2.05) is 0 Å². The van der Waals surface area contributed by atoms with Gasteiger partial charge < -0.3 is 10.6 Å². The number of hydrogen-bond donors (Lipinski definition) is 2. The van der Waals surface area contributed by atoms with Gasteiger partial charge in [0.25, 0.3) is 5.69 Å². The molecule has 130 valence electrons. The minimum absolute atomic E-state index is 0.00476. The van der Waals surface area contributed by atoms with E-state index < -0.39 is 10.7 Å². The SMILES string of the molecule is O=C(/C=C/c1ccc(F)c(Cl)c1)NCCNc1ccc([N+](=O)[O-])cc1. The molecule has 2 aromatic rings. The molecule has 0 fully saturated rings. The zero-order valence-corrected chi connectivity index (χ0v) is 13.8. The third-order valence-corrected chi connectivity index (χ3v) is 3.49. The van der Waals surface area contributed by atoms with Crippen LogP contribution in [0.15, 0.2) is 48.5 Å². The number of halogens is 2. The van der Waals surface area contributed by atoms with Crippen LogP contribution in [-0.2, 0) is 4.79 Å². The Bertz CT molecular complexity index is 794. The number of amides is 1. The van der Waals surface area contributed by atoms with Crippen molar-refractivity contribution in [2.75, 3.05) is 18.4 Å². The van der Waals surface area contributed by atoms with Crippen molar-refractivity contribution in [1.29, 1.82) is 0 Å². The number of nitrogens with one attached hydrogen (secondary N) is 2. The molecule has 0 aliphatic carbocycles. The van der Waals surface area contributed by atoms with Gasteiger partial charge in [0.05, 0.1) is 9.95 Å². The highest BCUT2D eigenvalue weighted by molar-refractivity contribution is 6.30. The average molecular weight is 364 g/mol. The monoisotopic (exact) mass is 363 g/mol. The smallest absolute Gasteiger partial charge is 0.269 e. The molecule has 0 saturated heterocycles. The zero-order valence-electron chi connectivity index (χ0n) is 13.0. The lowest BCUT2D eigenvalue weighted by Crippen LogP contribution is -2.27. The molecule has 0 aromatic heterocycles. The van der Waals surface area contributed by atoms with Crippen LogP contribution < -0.4 is 10.6 Å². The summed E-state index contributed by atoms with van der Waals surface area (Å²) >= 11 is 5.66. The highest BCUT2D eigenvalue weighted by atomic mass is 35.5. The molecule has 0 saturated carbocycles. The van der Waals surface area contributed by atoms with Crippen LogP contribution in [0.3, 0.4) is 0 Å². The number of rotatable bonds is 7. The summed E-state index contributed by atoms with van der Waals surface area (Å²) in [6.07, 6.45) is 2.86. The fraction of sp³-hybridized carbons (Fsp3) is 0.118. The van der Waals surface area contributed by atoms with Crippen molar-refractivity contribution in [1.82, 2.24) is 5.32 Å². The minimum atomic E-state index is -0.513. The van der Waals surface area contributed by atoms with Crippen molar-refractivity contribution in [3.05, 3.63) is 75.1 Å². The molecule has 2 rings (SSSR count). The van der Waals surface area contributed by atoms with E-state index in [2.05, 4.69) is 10.6 Å². The van der Waals surface area contributed by atoms with Crippen LogP contribution in [-0.4, -0.2) is 23.9 Å². The maximum absolute atomic E-state index is 13.0. The van der Waals surface area contributed by atoms with Gasteiger partial charge in [0.15, 0.2) is 0 Å². The molecule has 0 aliphatic heterocycles. The molecule has 8 heteroatoms. The van der Waals surface area contributed by atoms with Gasteiger partial charge in [0, 0.05) is 37.0 Å². The molecule has 25 heavy (non-hydrogen) atoms. The fourth-order valence-corrected chi connectivity index (χ4v) is 2.13. The van der Waals surface area contributed by atoms with Crippen molar-refractivity contribution >= 4 is 35.0 Å². The van der Waals surface area contributed by atoms with Crippen LogP contribution in [0.4, 0.5) is 15.8 Å². The number of non-ortho nitro benzene ring substituents is 1. The summed E-state index contributed by atoms with van der Waals surface area (Å²) in [7, 11) is 0. The minimum Gasteiger partial charge on any atom is -0.383 e. The second-order valence-corrected chi connectivity index (χ2v) is 5.44. The van der Waals surface area contributed by atoms with E-state index in [-0.39, 0.29) is 16.6 Å². The summed E-state index contributed by atoms with van der Waals surface area (Å²) in [6.45, 7) is 0.824. The van der Waals surface area contributed by atoms with Gasteiger partial charge in [-0.05, 0) is 35.9 Å². The van der Waals surface area contributed by atoms with Crippen molar-refractivity contribution in [2.24, 2.45) is 0 Å². The molecule has 1 amide bonds. The first kappa shape index (κ1) is 18.4. The standard InChI is InChI=1S/C17H15ClFN3O3/c18-15-11-12(1-7-16(15)19)2-8-17(23)21-10-9-20-13-3-5-14(6-4-13)22(24)25/h1-8,11,20H,9-10H2,(H,21,23)/b8-2+. The summed E-state index contributed by atoms with van der Waals surface area (Å²) < 4.78 is 13.0. The molecule has 0 unspecified atom stereocenters. The Morgan fingerprint density at radius 2 is 1.92 bits per heavy atom. The summed E-state index contributed by atoms with van der Waals surface area (Å²) in [6, 6.07) is 10.2. The van der Waals surface area contributed by atoms with Crippen molar-refractivity contribution in [3.63, 3.8) is 0 Å². The molecule has 0 spiro atoms. The number of nitro benzene ring substituents is 1. The molecular weight excluding hydrogens is 349 g/mol. The van der Waals surface area contributed by atoms with E-state index in [9.17, 15) is 19.3 Å². The van der Waals surface area contributed by atoms with Gasteiger partial charge in [-0.1, -0.05) is 17.7 Å². The summed E-state index contributed by atoms with van der Waals surface area (Å²) in [5.74, 6) is -0.813. The Kier molecular flexibility index (Phi) is 6.47. The lowest BCUT2D eigenvalue weighted by Gasteiger charge is -2.06. The largest absolute Gasteiger partial charge is 0.383 e. The first-order valence-electron chi connectivity index (χ1n) is 7.35. The molecule has 0 heterocycles. The van der Waals surface area contributed by atoms with Gasteiger partial charge >= 0.3 is 0 Å². The van der Waals surface area contributed by atoms with E-state index >= 15 is 0 Å². The fourth-order valence-electron chi connectivity index (χ4n) is 1.94. The number of nitrogens with zero attached hydrogens (tertiary/aromatic N) is 1. The van der Waals surface area contributed by atoms with Gasteiger partial charge in [0.2, 0.25) is 5.91 Å². The van der Waals surface area contributed by atoms with Crippen molar-refractivity contribution in [2.45, 2.75) is 0 Å². The van der Waals surface area contributed by atoms with E-state index in [1.54, 1.807) is 12.1 Å². The van der Waals surface area contributed by atoms with Crippen LogP contribution in [0.1, 0.15) is 5.56 Å². The van der Waals surface area contributed by atoms with Gasteiger partial charge in [-0.3, -0.25) is 14.9 Å². The maximum atomic E-state index is 13.0. The molecule has 2 N–H and O–H groups in total. The maximum Gasteiger partial charge on any atom is 0.269 e. The van der Waals surface area contributed by atoms with Crippen LogP contribution >= 0.6 is 11.6 Å². The van der Waals surface area contributed by atoms with Crippen LogP contribution in [0, 0.1) is 15.9 Å². The summed E-state index contributed by atoms with van der Waals surface area (Å²) in [5, 5.41) is 16.3. The average Bonchev–Trinajstić information content (AvgIpc) is 2.60. The topological polar surface area (TPSA) is 84.3 Å². The lowest BCUT2D eigenvalue weighted by molar-refractivity contribution is -0.384. The number of nitro groups is 1. The number of benzene rings is 2. The Hall–Kier alpha value is -2.93. The Morgan fingerprint density at radius 3 is 2.56 bits per heavy atom. The van der Waals surface area contributed by atoms with Crippen LogP contribution in [0.25, 0.3) is 6.08 Å². The summed E-state index contributed by atoms with van der Waals surface area (Å²) in [5.41, 5.74) is 1.35. The third kappa shape index (κ3) is 5.89. The normalized spacial score (nSPS) is 10.6. The van der Waals surface area contributed by atoms with Crippen LogP contribution in [0.2, 0.25) is 5.02 Å². The molecule has 0 bridgehead atoms. The van der Waals surface area contributed by atoms with E-state index in [1.165, 1.54) is 42.5 Å². The van der Waals surface area contributed by atoms with E-state index in [0.29, 0.717) is 18.7 Å². The molecular formula is C17H15ClFN3O3. The van der Waals surface area contributed by atoms with Crippen molar-refractivity contribution < 1.29 is 14.1 Å². The lowest BCUT2D eigenvalue weighted by atomic mass is 10.2. The molecule has 0 radical (unpaired) electrons. The Balaban J connectivity index is 1.73. The van der Waals surface area contributed by atoms with E-state index in [0.717, 1.165) is 5.69 Å². The predicted octanol–water partition coefficient (Wildman–Crippen LogP) is 3.63. The highest BCUT2D eigenvalue weighted by Gasteiger charge is 2.03. The van der Waals surface area contributed by atoms with Gasteiger partial charge in [-0.2, -0.15) is 0 Å². The quantitative estimate of drug-likeness (QED) is 0.340. The van der Waals surface area contributed by atoms with Crippen molar-refractivity contribution in [3.8, 4) is 0 Å². The third-order valence-electron chi connectivity index (χ3n) is 3.20. The van der Waals surface area contributed by atoms with Gasteiger partial charge in [-0.25, -0.2) is 4.39 Å². The highest BCUT2D eigenvalue weighted by Crippen LogP contribution is 2.17. The number of carbonyl (C=O) groups is 1. The number of anilines is 1. The van der Waals surface area contributed by atoms with E-state index in [4.69, 9.17) is 11.6 Å². The predicted molar refractivity (Wildman–Crippen MR) is 95.0 cm³/mol. The first-order chi connectivity index (χ1) is 12.0. The zero-order chi connectivity index (χ0) is 18.2. The van der Waals surface area contributed by atoms with Crippen LogP contribution in [0.5, 0.6) is 0 Å². The number of carbonyl (C=O) groups excluding carboxylic acids is 1. The Labute approximate surface area is 148 Å². The van der Waals surface area contributed by atoms with Gasteiger partial charge in [0.1, 0.15) is 5.82 Å². The second-order valence-electron chi connectivity index (χ2n) is 5.03. The molecule has 0 atom stereocenters. The Morgan fingerprint density at radius 1 is 1.20 bits per heavy atom.